The molecule has 0 aromatic heterocycles. The van der Waals surface area contributed by atoms with Gasteiger partial charge in [-0.05, 0) is 39.3 Å². The van der Waals surface area contributed by atoms with Crippen LogP contribution in [0.25, 0.3) is 0 Å². The average Bonchev–Trinajstić information content (AvgIpc) is 2.37. The summed E-state index contributed by atoms with van der Waals surface area (Å²) in [6.07, 6.45) is 0.481. The molecular formula is C14H22N2O4. The number of hydrogen-bond donors (Lipinski definition) is 2. The van der Waals surface area contributed by atoms with Gasteiger partial charge >= 0.3 is 5.69 Å². The molecule has 0 radical (unpaired) electrons. The molecule has 1 rings (SSSR count). The highest BCUT2D eigenvalue weighted by Gasteiger charge is 2.27. The Labute approximate surface area is 118 Å². The largest absolute Gasteiger partial charge is 0.484 e. The lowest BCUT2D eigenvalue weighted by Crippen LogP contribution is -2.38. The summed E-state index contributed by atoms with van der Waals surface area (Å²) in [6.45, 7) is 7.23. The highest BCUT2D eigenvalue weighted by Crippen LogP contribution is 2.37. The van der Waals surface area contributed by atoms with E-state index in [1.54, 1.807) is 18.2 Å². The van der Waals surface area contributed by atoms with Crippen molar-refractivity contribution in [2.24, 2.45) is 0 Å². The summed E-state index contributed by atoms with van der Waals surface area (Å²) in [4.78, 5) is 10.8. The molecule has 0 aliphatic heterocycles. The molecule has 0 aliphatic carbocycles. The molecule has 0 amide bonds. The van der Waals surface area contributed by atoms with E-state index in [1.165, 1.54) is 0 Å². The topological polar surface area (TPSA) is 84.6 Å². The SMILES string of the molecule is CCC(C)(CO)Nc1cccc(OC(C)C)c1[N+](=O)[O-]. The Morgan fingerprint density at radius 3 is 2.60 bits per heavy atom. The van der Waals surface area contributed by atoms with Gasteiger partial charge in [-0.25, -0.2) is 0 Å². The number of hydrogen-bond acceptors (Lipinski definition) is 5. The maximum absolute atomic E-state index is 11.3. The highest BCUT2D eigenvalue weighted by atomic mass is 16.6. The van der Waals surface area contributed by atoms with Crippen LogP contribution in [0.15, 0.2) is 18.2 Å². The minimum atomic E-state index is -0.610. The zero-order valence-electron chi connectivity index (χ0n) is 12.3. The van der Waals surface area contributed by atoms with Crippen molar-refractivity contribution in [3.05, 3.63) is 28.3 Å². The fourth-order valence-corrected chi connectivity index (χ4v) is 1.73. The molecule has 0 fully saturated rings. The number of nitrogens with one attached hydrogen (secondary N) is 1. The van der Waals surface area contributed by atoms with Gasteiger partial charge in [-0.2, -0.15) is 0 Å². The fourth-order valence-electron chi connectivity index (χ4n) is 1.73. The van der Waals surface area contributed by atoms with Crippen LogP contribution in [0.1, 0.15) is 34.1 Å². The molecule has 0 bridgehead atoms. The molecule has 112 valence electrons. The van der Waals surface area contributed by atoms with Crippen molar-refractivity contribution in [1.29, 1.82) is 0 Å². The van der Waals surface area contributed by atoms with E-state index in [9.17, 15) is 15.2 Å². The van der Waals surface area contributed by atoms with Crippen molar-refractivity contribution in [2.75, 3.05) is 11.9 Å². The Balaban J connectivity index is 3.22. The quantitative estimate of drug-likeness (QED) is 0.593. The van der Waals surface area contributed by atoms with Crippen molar-refractivity contribution >= 4 is 11.4 Å². The Hall–Kier alpha value is -1.82. The summed E-state index contributed by atoms with van der Waals surface area (Å²) >= 11 is 0. The van der Waals surface area contributed by atoms with Gasteiger partial charge in [0.05, 0.1) is 23.2 Å². The average molecular weight is 282 g/mol. The van der Waals surface area contributed by atoms with Crippen molar-refractivity contribution in [3.63, 3.8) is 0 Å². The summed E-state index contributed by atoms with van der Waals surface area (Å²) in [6, 6.07) is 4.89. The second-order valence-electron chi connectivity index (χ2n) is 5.27. The molecule has 1 atom stereocenters. The van der Waals surface area contributed by atoms with Crippen LogP contribution in [0, 0.1) is 10.1 Å². The molecule has 6 heteroatoms. The zero-order valence-corrected chi connectivity index (χ0v) is 12.3. The van der Waals surface area contributed by atoms with Gasteiger partial charge in [0.25, 0.3) is 0 Å². The van der Waals surface area contributed by atoms with Gasteiger partial charge in [0.1, 0.15) is 5.69 Å². The smallest absolute Gasteiger partial charge is 0.333 e. The number of para-hydroxylation sites is 1. The number of anilines is 1. The van der Waals surface area contributed by atoms with Crippen LogP contribution in [0.3, 0.4) is 0 Å². The minimum Gasteiger partial charge on any atom is -0.484 e. The second-order valence-corrected chi connectivity index (χ2v) is 5.27. The molecule has 0 saturated heterocycles. The molecule has 0 saturated carbocycles. The number of aliphatic hydroxyl groups is 1. The highest BCUT2D eigenvalue weighted by molar-refractivity contribution is 5.69. The molecule has 0 aliphatic rings. The lowest BCUT2D eigenvalue weighted by atomic mass is 9.99. The van der Waals surface area contributed by atoms with E-state index in [1.807, 2.05) is 27.7 Å². The third kappa shape index (κ3) is 3.84. The van der Waals surface area contributed by atoms with E-state index in [0.717, 1.165) is 0 Å². The molecule has 6 nitrogen and oxygen atoms in total. The molecule has 2 N–H and O–H groups in total. The van der Waals surface area contributed by atoms with Gasteiger partial charge in [0, 0.05) is 0 Å². The molecular weight excluding hydrogens is 260 g/mol. The van der Waals surface area contributed by atoms with Gasteiger partial charge in [0.2, 0.25) is 0 Å². The van der Waals surface area contributed by atoms with Crippen LogP contribution in [0.4, 0.5) is 11.4 Å². The number of nitrogens with zero attached hydrogens (tertiary/aromatic N) is 1. The van der Waals surface area contributed by atoms with Crippen LogP contribution >= 0.6 is 0 Å². The first-order valence-electron chi connectivity index (χ1n) is 6.66. The summed E-state index contributed by atoms with van der Waals surface area (Å²) in [5.74, 6) is 0.228. The van der Waals surface area contributed by atoms with Crippen LogP contribution in [-0.2, 0) is 0 Å². The maximum atomic E-state index is 11.3. The minimum absolute atomic E-state index is 0.102. The monoisotopic (exact) mass is 282 g/mol. The number of rotatable bonds is 7. The number of aliphatic hydroxyl groups excluding tert-OH is 1. The summed E-state index contributed by atoms with van der Waals surface area (Å²) < 4.78 is 5.48. The maximum Gasteiger partial charge on any atom is 0.333 e. The van der Waals surface area contributed by atoms with Gasteiger partial charge in [-0.15, -0.1) is 0 Å². The molecule has 1 aromatic rings. The first-order valence-corrected chi connectivity index (χ1v) is 6.66. The Morgan fingerprint density at radius 2 is 2.15 bits per heavy atom. The predicted octanol–water partition coefficient (Wildman–Crippen LogP) is 2.95. The molecule has 0 heterocycles. The van der Waals surface area contributed by atoms with Gasteiger partial charge in [-0.3, -0.25) is 10.1 Å². The third-order valence-electron chi connectivity index (χ3n) is 3.11. The van der Waals surface area contributed by atoms with E-state index in [0.29, 0.717) is 12.1 Å². The van der Waals surface area contributed by atoms with Crippen molar-refractivity contribution < 1.29 is 14.8 Å². The van der Waals surface area contributed by atoms with E-state index >= 15 is 0 Å². The van der Waals surface area contributed by atoms with E-state index < -0.39 is 10.5 Å². The Bertz CT molecular complexity index is 470. The first kappa shape index (κ1) is 16.2. The molecule has 0 spiro atoms. The summed E-state index contributed by atoms with van der Waals surface area (Å²) in [5.41, 5.74) is -0.359. The molecule has 1 unspecified atom stereocenters. The zero-order chi connectivity index (χ0) is 15.3. The third-order valence-corrected chi connectivity index (χ3v) is 3.11. The normalized spacial score (nSPS) is 13.9. The first-order chi connectivity index (χ1) is 9.33. The van der Waals surface area contributed by atoms with E-state index in [4.69, 9.17) is 4.74 Å². The standard InChI is InChI=1S/C14H22N2O4/c1-5-14(4,9-17)15-11-7-6-8-12(20-10(2)3)13(11)16(18)19/h6-8,10,15,17H,5,9H2,1-4H3. The molecule has 1 aromatic carbocycles. The van der Waals surface area contributed by atoms with Gasteiger partial charge in [-0.1, -0.05) is 13.0 Å². The van der Waals surface area contributed by atoms with Crippen LogP contribution in [-0.4, -0.2) is 28.3 Å². The predicted molar refractivity (Wildman–Crippen MR) is 78.3 cm³/mol. The van der Waals surface area contributed by atoms with Crippen LogP contribution in [0.5, 0.6) is 5.75 Å². The van der Waals surface area contributed by atoms with Crippen molar-refractivity contribution in [3.8, 4) is 5.75 Å². The lowest BCUT2D eigenvalue weighted by Gasteiger charge is -2.28. The van der Waals surface area contributed by atoms with E-state index in [-0.39, 0.29) is 24.1 Å². The van der Waals surface area contributed by atoms with Crippen molar-refractivity contribution in [1.82, 2.24) is 0 Å². The Kier molecular flexibility index (Phi) is 5.33. The number of nitro groups is 1. The summed E-state index contributed by atoms with van der Waals surface area (Å²) in [7, 11) is 0. The lowest BCUT2D eigenvalue weighted by molar-refractivity contribution is -0.385. The van der Waals surface area contributed by atoms with Crippen LogP contribution in [0.2, 0.25) is 0 Å². The van der Waals surface area contributed by atoms with Crippen LogP contribution < -0.4 is 10.1 Å². The molecule has 20 heavy (non-hydrogen) atoms. The summed E-state index contributed by atoms with van der Waals surface area (Å²) in [5, 5.41) is 23.8. The number of nitro benzene ring substituents is 1. The number of benzene rings is 1. The second kappa shape index (κ2) is 6.56. The Morgan fingerprint density at radius 1 is 1.50 bits per heavy atom. The van der Waals surface area contributed by atoms with E-state index in [2.05, 4.69) is 5.32 Å². The number of ether oxygens (including phenoxy) is 1. The van der Waals surface area contributed by atoms with Gasteiger partial charge in [0.15, 0.2) is 5.75 Å². The fraction of sp³-hybridized carbons (Fsp3) is 0.571. The van der Waals surface area contributed by atoms with Gasteiger partial charge < -0.3 is 15.2 Å². The van der Waals surface area contributed by atoms with Crippen molar-refractivity contribution in [2.45, 2.75) is 45.8 Å².